The van der Waals surface area contributed by atoms with Crippen LogP contribution in [0.15, 0.2) is 65.1 Å². The number of carbonyl (C=O) groups is 1. The zero-order valence-corrected chi connectivity index (χ0v) is 19.0. The number of morpholine rings is 1. The SMILES string of the molecule is NC(=O)N(/N=C/c1cccc(O)c1)c1ccc(-c2nc(N3CCOCC3)c3sccc3n2)cc1. The van der Waals surface area contributed by atoms with E-state index in [0.717, 1.165) is 39.7 Å². The molecular weight excluding hydrogens is 452 g/mol. The Balaban J connectivity index is 1.44. The number of aromatic nitrogens is 2. The zero-order valence-electron chi connectivity index (χ0n) is 18.2. The van der Waals surface area contributed by atoms with Crippen molar-refractivity contribution in [3.63, 3.8) is 0 Å². The van der Waals surface area contributed by atoms with Crippen LogP contribution in [0.25, 0.3) is 21.6 Å². The fourth-order valence-corrected chi connectivity index (χ4v) is 4.55. The summed E-state index contributed by atoms with van der Waals surface area (Å²) in [4.78, 5) is 23.9. The van der Waals surface area contributed by atoms with Gasteiger partial charge in [-0.1, -0.05) is 12.1 Å². The Morgan fingerprint density at radius 3 is 2.68 bits per heavy atom. The predicted molar refractivity (Wildman–Crippen MR) is 134 cm³/mol. The second kappa shape index (κ2) is 9.46. The van der Waals surface area contributed by atoms with Crippen molar-refractivity contribution in [3.05, 3.63) is 65.5 Å². The summed E-state index contributed by atoms with van der Waals surface area (Å²) in [6.07, 6.45) is 1.46. The highest BCUT2D eigenvalue weighted by Crippen LogP contribution is 2.32. The predicted octanol–water partition coefficient (Wildman–Crippen LogP) is 3.82. The third-order valence-electron chi connectivity index (χ3n) is 5.37. The number of phenols is 1. The Kier molecular flexibility index (Phi) is 6.07. The fourth-order valence-electron chi connectivity index (χ4n) is 3.70. The summed E-state index contributed by atoms with van der Waals surface area (Å²) in [5.74, 6) is 1.63. The van der Waals surface area contributed by atoms with E-state index in [1.54, 1.807) is 41.7 Å². The molecule has 0 radical (unpaired) electrons. The summed E-state index contributed by atoms with van der Waals surface area (Å²) in [5.41, 5.74) is 8.39. The van der Waals surface area contributed by atoms with Crippen LogP contribution in [0.3, 0.4) is 0 Å². The van der Waals surface area contributed by atoms with Crippen molar-refractivity contribution in [3.8, 4) is 17.1 Å². The molecule has 2 amide bonds. The highest BCUT2D eigenvalue weighted by atomic mass is 32.1. The first-order valence-electron chi connectivity index (χ1n) is 10.7. The van der Waals surface area contributed by atoms with E-state index in [2.05, 4.69) is 10.0 Å². The number of rotatable bonds is 5. The van der Waals surface area contributed by atoms with E-state index in [0.29, 0.717) is 30.3 Å². The van der Waals surface area contributed by atoms with E-state index in [-0.39, 0.29) is 5.75 Å². The van der Waals surface area contributed by atoms with E-state index in [4.69, 9.17) is 20.4 Å². The third kappa shape index (κ3) is 4.54. The van der Waals surface area contributed by atoms with Gasteiger partial charge in [0, 0.05) is 18.7 Å². The van der Waals surface area contributed by atoms with Crippen molar-refractivity contribution in [1.29, 1.82) is 0 Å². The van der Waals surface area contributed by atoms with Gasteiger partial charge in [0.05, 0.1) is 35.3 Å². The highest BCUT2D eigenvalue weighted by molar-refractivity contribution is 7.17. The maximum absolute atomic E-state index is 12.0. The number of thiophene rings is 1. The first-order chi connectivity index (χ1) is 16.6. The molecule has 0 spiro atoms. The van der Waals surface area contributed by atoms with Gasteiger partial charge in [0.15, 0.2) is 11.6 Å². The van der Waals surface area contributed by atoms with Gasteiger partial charge in [0.1, 0.15) is 5.75 Å². The van der Waals surface area contributed by atoms with E-state index in [1.165, 1.54) is 12.3 Å². The largest absolute Gasteiger partial charge is 0.508 e. The van der Waals surface area contributed by atoms with Crippen molar-refractivity contribution in [2.24, 2.45) is 10.8 Å². The molecule has 34 heavy (non-hydrogen) atoms. The Bertz CT molecular complexity index is 1350. The average Bonchev–Trinajstić information content (AvgIpc) is 3.33. The molecule has 2 aromatic carbocycles. The Labute approximate surface area is 199 Å². The second-order valence-electron chi connectivity index (χ2n) is 7.64. The molecule has 0 aliphatic carbocycles. The number of nitrogens with zero attached hydrogens (tertiary/aromatic N) is 5. The van der Waals surface area contributed by atoms with E-state index in [1.807, 2.05) is 23.6 Å². The Morgan fingerprint density at radius 1 is 1.15 bits per heavy atom. The molecule has 172 valence electrons. The normalized spacial score (nSPS) is 14.1. The molecule has 5 rings (SSSR count). The number of hydrogen-bond donors (Lipinski definition) is 2. The standard InChI is InChI=1S/C24H22N6O3S/c25-24(32)30(26-15-16-2-1-3-19(31)14-16)18-6-4-17(5-7-18)22-27-20-8-13-34-21(20)23(28-22)29-9-11-33-12-10-29/h1-8,13-15,31H,9-12H2,(H2,25,32)/b26-15+. The molecule has 1 saturated heterocycles. The molecule has 9 nitrogen and oxygen atoms in total. The van der Waals surface area contributed by atoms with Crippen molar-refractivity contribution in [1.82, 2.24) is 9.97 Å². The number of amides is 2. The van der Waals surface area contributed by atoms with Gasteiger partial charge in [-0.3, -0.25) is 0 Å². The van der Waals surface area contributed by atoms with Crippen LogP contribution in [0.2, 0.25) is 0 Å². The van der Waals surface area contributed by atoms with Gasteiger partial charge in [0.25, 0.3) is 0 Å². The number of urea groups is 1. The molecule has 3 N–H and O–H groups in total. The zero-order chi connectivity index (χ0) is 23.5. The lowest BCUT2D eigenvalue weighted by atomic mass is 10.2. The van der Waals surface area contributed by atoms with Gasteiger partial charge in [-0.15, -0.1) is 11.3 Å². The lowest BCUT2D eigenvalue weighted by Crippen LogP contribution is -2.36. The molecule has 4 aromatic rings. The summed E-state index contributed by atoms with van der Waals surface area (Å²) in [6.45, 7) is 2.92. The van der Waals surface area contributed by atoms with E-state index >= 15 is 0 Å². The highest BCUT2D eigenvalue weighted by Gasteiger charge is 2.19. The van der Waals surface area contributed by atoms with E-state index in [9.17, 15) is 9.90 Å². The number of aromatic hydroxyl groups is 1. The first-order valence-corrected chi connectivity index (χ1v) is 11.6. The lowest BCUT2D eigenvalue weighted by Gasteiger charge is -2.28. The molecule has 10 heteroatoms. The molecule has 2 aromatic heterocycles. The maximum Gasteiger partial charge on any atom is 0.340 e. The lowest BCUT2D eigenvalue weighted by molar-refractivity contribution is 0.122. The molecule has 0 atom stereocenters. The maximum atomic E-state index is 12.0. The van der Waals surface area contributed by atoms with Gasteiger partial charge in [-0.25, -0.2) is 14.8 Å². The fraction of sp³-hybridized carbons (Fsp3) is 0.167. The smallest absolute Gasteiger partial charge is 0.340 e. The monoisotopic (exact) mass is 474 g/mol. The van der Waals surface area contributed by atoms with Crippen molar-refractivity contribution < 1.29 is 14.6 Å². The molecule has 0 bridgehead atoms. The van der Waals surface area contributed by atoms with Gasteiger partial charge in [-0.05, 0) is 53.4 Å². The summed E-state index contributed by atoms with van der Waals surface area (Å²) < 4.78 is 6.55. The van der Waals surface area contributed by atoms with Crippen LogP contribution in [0, 0.1) is 0 Å². The van der Waals surface area contributed by atoms with Gasteiger partial charge < -0.3 is 20.5 Å². The number of fused-ring (bicyclic) bond motifs is 1. The van der Waals surface area contributed by atoms with Gasteiger partial charge in [-0.2, -0.15) is 10.1 Å². The van der Waals surface area contributed by atoms with Gasteiger partial charge >= 0.3 is 6.03 Å². The van der Waals surface area contributed by atoms with Crippen molar-refractivity contribution in [2.75, 3.05) is 36.2 Å². The van der Waals surface area contributed by atoms with Crippen LogP contribution in [0.5, 0.6) is 5.75 Å². The number of hydrogen-bond acceptors (Lipinski definition) is 8. The minimum Gasteiger partial charge on any atom is -0.508 e. The molecule has 0 unspecified atom stereocenters. The molecule has 1 aliphatic heterocycles. The third-order valence-corrected chi connectivity index (χ3v) is 6.27. The minimum atomic E-state index is -0.727. The minimum absolute atomic E-state index is 0.109. The average molecular weight is 475 g/mol. The Morgan fingerprint density at radius 2 is 1.94 bits per heavy atom. The van der Waals surface area contributed by atoms with Crippen LogP contribution in [-0.2, 0) is 4.74 Å². The van der Waals surface area contributed by atoms with Crippen LogP contribution < -0.4 is 15.6 Å². The molecule has 3 heterocycles. The number of anilines is 2. The number of ether oxygens (including phenoxy) is 1. The Hall–Kier alpha value is -4.02. The van der Waals surface area contributed by atoms with E-state index < -0.39 is 6.03 Å². The first kappa shape index (κ1) is 21.8. The molecule has 0 saturated carbocycles. The summed E-state index contributed by atoms with van der Waals surface area (Å²) in [5, 5.41) is 16.9. The number of carbonyl (C=O) groups excluding carboxylic acids is 1. The van der Waals surface area contributed by atoms with Crippen LogP contribution in [-0.4, -0.2) is 53.6 Å². The number of phenolic OH excluding ortho intramolecular Hbond substituents is 1. The molecular formula is C24H22N6O3S. The molecule has 1 fully saturated rings. The van der Waals surface area contributed by atoms with Crippen molar-refractivity contribution >= 4 is 45.3 Å². The van der Waals surface area contributed by atoms with Crippen LogP contribution >= 0.6 is 11.3 Å². The number of primary amides is 1. The van der Waals surface area contributed by atoms with Crippen LogP contribution in [0.1, 0.15) is 5.56 Å². The van der Waals surface area contributed by atoms with Crippen LogP contribution in [0.4, 0.5) is 16.3 Å². The molecule has 1 aliphatic rings. The number of hydrazone groups is 1. The topological polar surface area (TPSA) is 117 Å². The number of benzene rings is 2. The summed E-state index contributed by atoms with van der Waals surface area (Å²) in [6, 6.07) is 15.0. The quantitative estimate of drug-likeness (QED) is 0.335. The van der Waals surface area contributed by atoms with Gasteiger partial charge in [0.2, 0.25) is 0 Å². The summed E-state index contributed by atoms with van der Waals surface area (Å²) >= 11 is 1.63. The second-order valence-corrected chi connectivity index (χ2v) is 8.56. The number of nitrogens with two attached hydrogens (primary N) is 1. The summed E-state index contributed by atoms with van der Waals surface area (Å²) in [7, 11) is 0. The van der Waals surface area contributed by atoms with Crippen molar-refractivity contribution in [2.45, 2.75) is 0 Å².